The van der Waals surface area contributed by atoms with Gasteiger partial charge in [0.25, 0.3) is 0 Å². The number of ether oxygens (including phenoxy) is 1. The minimum atomic E-state index is -0.164. The third-order valence-corrected chi connectivity index (χ3v) is 4.35. The van der Waals surface area contributed by atoms with Crippen LogP contribution in [0.15, 0.2) is 18.2 Å². The lowest BCUT2D eigenvalue weighted by atomic mass is 9.99. The molecule has 1 unspecified atom stereocenters. The molecule has 3 heteroatoms. The number of benzene rings is 1. The predicted octanol–water partition coefficient (Wildman–Crippen LogP) is 5.04. The third kappa shape index (κ3) is 7.54. The highest BCUT2D eigenvalue weighted by Gasteiger charge is 2.13. The molecule has 0 bridgehead atoms. The first-order chi connectivity index (χ1) is 11.1. The van der Waals surface area contributed by atoms with Gasteiger partial charge in [-0.25, -0.2) is 0 Å². The van der Waals surface area contributed by atoms with Crippen molar-refractivity contribution in [3.05, 3.63) is 29.3 Å². The van der Waals surface area contributed by atoms with Gasteiger partial charge >= 0.3 is 5.97 Å². The van der Waals surface area contributed by atoms with E-state index in [2.05, 4.69) is 20.8 Å². The number of hydrogen-bond donors (Lipinski definition) is 1. The summed E-state index contributed by atoms with van der Waals surface area (Å²) in [6.07, 6.45) is 7.88. The highest BCUT2D eigenvalue weighted by Crippen LogP contribution is 2.20. The summed E-state index contributed by atoms with van der Waals surface area (Å²) < 4.78 is 5.48. The fourth-order valence-electron chi connectivity index (χ4n) is 2.70. The lowest BCUT2D eigenvalue weighted by Gasteiger charge is -2.15. The first-order valence-corrected chi connectivity index (χ1v) is 9.07. The zero-order valence-electron chi connectivity index (χ0n) is 14.9. The Labute approximate surface area is 141 Å². The molecule has 0 aliphatic rings. The van der Waals surface area contributed by atoms with Gasteiger partial charge in [0.15, 0.2) is 0 Å². The lowest BCUT2D eigenvalue weighted by molar-refractivity contribution is -0.144. The number of carbonyl (C=O) groups is 1. The zero-order valence-corrected chi connectivity index (χ0v) is 14.9. The maximum Gasteiger partial charge on any atom is 0.310 e. The van der Waals surface area contributed by atoms with Crippen LogP contribution < -0.4 is 0 Å². The van der Waals surface area contributed by atoms with E-state index in [0.29, 0.717) is 18.9 Å². The average Bonchev–Trinajstić information content (AvgIpc) is 2.55. The first kappa shape index (κ1) is 19.5. The zero-order chi connectivity index (χ0) is 17.1. The molecule has 0 radical (unpaired) electrons. The highest BCUT2D eigenvalue weighted by atomic mass is 16.5. The van der Waals surface area contributed by atoms with Crippen LogP contribution in [0.2, 0.25) is 0 Å². The molecule has 1 aromatic carbocycles. The molecule has 1 N–H and O–H groups in total. The van der Waals surface area contributed by atoms with Crippen molar-refractivity contribution in [1.29, 1.82) is 0 Å². The molecule has 0 fully saturated rings. The molecule has 1 aromatic rings. The minimum Gasteiger partial charge on any atom is -0.508 e. The molecule has 0 spiro atoms. The van der Waals surface area contributed by atoms with Gasteiger partial charge in [0.2, 0.25) is 0 Å². The molecule has 23 heavy (non-hydrogen) atoms. The van der Waals surface area contributed by atoms with E-state index < -0.39 is 0 Å². The molecular weight excluding hydrogens is 288 g/mol. The second-order valence-electron chi connectivity index (χ2n) is 6.33. The Morgan fingerprint density at radius 2 is 1.87 bits per heavy atom. The quantitative estimate of drug-likeness (QED) is 0.581. The van der Waals surface area contributed by atoms with Crippen molar-refractivity contribution in [2.24, 2.45) is 5.92 Å². The van der Waals surface area contributed by atoms with Crippen LogP contribution in [-0.2, 0) is 22.4 Å². The van der Waals surface area contributed by atoms with E-state index >= 15 is 0 Å². The second kappa shape index (κ2) is 11.1. The largest absolute Gasteiger partial charge is 0.508 e. The van der Waals surface area contributed by atoms with Crippen LogP contribution >= 0.6 is 0 Å². The van der Waals surface area contributed by atoms with E-state index in [1.165, 1.54) is 12.8 Å². The third-order valence-electron chi connectivity index (χ3n) is 4.35. The number of esters is 1. The van der Waals surface area contributed by atoms with Crippen LogP contribution in [0.3, 0.4) is 0 Å². The van der Waals surface area contributed by atoms with Crippen LogP contribution in [0.5, 0.6) is 5.75 Å². The predicted molar refractivity (Wildman–Crippen MR) is 94.7 cm³/mol. The number of carbonyl (C=O) groups excluding carboxylic acids is 1. The fourth-order valence-corrected chi connectivity index (χ4v) is 2.70. The van der Waals surface area contributed by atoms with E-state index in [4.69, 9.17) is 4.74 Å². The lowest BCUT2D eigenvalue weighted by Crippen LogP contribution is -2.16. The summed E-state index contributed by atoms with van der Waals surface area (Å²) in [5.41, 5.74) is 2.03. The van der Waals surface area contributed by atoms with Gasteiger partial charge in [0, 0.05) is 0 Å². The van der Waals surface area contributed by atoms with Gasteiger partial charge in [-0.3, -0.25) is 4.79 Å². The van der Waals surface area contributed by atoms with Crippen LogP contribution in [0.4, 0.5) is 0 Å². The Morgan fingerprint density at radius 3 is 2.52 bits per heavy atom. The summed E-state index contributed by atoms with van der Waals surface area (Å²) in [5, 5.41) is 9.65. The molecule has 1 atom stereocenters. The molecule has 0 saturated carbocycles. The molecule has 0 aliphatic carbocycles. The number of aromatic hydroxyl groups is 1. The van der Waals surface area contributed by atoms with Gasteiger partial charge in [-0.2, -0.15) is 0 Å². The van der Waals surface area contributed by atoms with Crippen molar-refractivity contribution in [2.75, 3.05) is 6.61 Å². The van der Waals surface area contributed by atoms with E-state index in [1.807, 2.05) is 6.07 Å². The number of unbranched alkanes of at least 4 members (excludes halogenated alkanes) is 2. The number of rotatable bonds is 11. The van der Waals surface area contributed by atoms with Gasteiger partial charge in [0.1, 0.15) is 5.75 Å². The maximum absolute atomic E-state index is 12.1. The number of phenols is 1. The van der Waals surface area contributed by atoms with E-state index in [0.717, 1.165) is 43.2 Å². The van der Waals surface area contributed by atoms with E-state index in [-0.39, 0.29) is 11.7 Å². The fraction of sp³-hybridized carbons (Fsp3) is 0.650. The van der Waals surface area contributed by atoms with Gasteiger partial charge in [-0.15, -0.1) is 0 Å². The Morgan fingerprint density at radius 1 is 1.13 bits per heavy atom. The van der Waals surface area contributed by atoms with Crippen molar-refractivity contribution in [3.8, 4) is 5.75 Å². The monoisotopic (exact) mass is 320 g/mol. The molecule has 130 valence electrons. The molecule has 0 aromatic heterocycles. The summed E-state index contributed by atoms with van der Waals surface area (Å²) in [6, 6.07) is 5.26. The number of aryl methyl sites for hydroxylation is 1. The number of phenolic OH excluding ortho intramolecular Hbond substituents is 1. The summed E-state index contributed by atoms with van der Waals surface area (Å²) in [6.45, 7) is 6.99. The van der Waals surface area contributed by atoms with Gasteiger partial charge in [0.05, 0.1) is 13.0 Å². The molecule has 0 amide bonds. The van der Waals surface area contributed by atoms with Crippen LogP contribution in [-0.4, -0.2) is 17.7 Å². The van der Waals surface area contributed by atoms with E-state index in [9.17, 15) is 9.90 Å². The van der Waals surface area contributed by atoms with E-state index in [1.54, 1.807) is 12.1 Å². The van der Waals surface area contributed by atoms with Gasteiger partial charge in [-0.05, 0) is 48.4 Å². The van der Waals surface area contributed by atoms with Gasteiger partial charge < -0.3 is 9.84 Å². The topological polar surface area (TPSA) is 46.5 Å². The SMILES string of the molecule is CCCCc1cc(O)ccc1CC(=O)OCC(CC)CCCC. The van der Waals surface area contributed by atoms with Crippen LogP contribution in [0.25, 0.3) is 0 Å². The van der Waals surface area contributed by atoms with Crippen LogP contribution in [0.1, 0.15) is 70.4 Å². The normalized spacial score (nSPS) is 12.1. The Bertz CT molecular complexity index is 468. The van der Waals surface area contributed by atoms with Gasteiger partial charge in [-0.1, -0.05) is 52.5 Å². The summed E-state index contributed by atoms with van der Waals surface area (Å²) in [7, 11) is 0. The van der Waals surface area contributed by atoms with Crippen LogP contribution in [0, 0.1) is 5.92 Å². The van der Waals surface area contributed by atoms with Crippen molar-refractivity contribution in [3.63, 3.8) is 0 Å². The Kier molecular flexibility index (Phi) is 9.42. The molecular formula is C20H32O3. The molecule has 0 heterocycles. The maximum atomic E-state index is 12.1. The summed E-state index contributed by atoms with van der Waals surface area (Å²) in [4.78, 5) is 12.1. The molecule has 3 nitrogen and oxygen atoms in total. The molecule has 1 rings (SSSR count). The molecule has 0 aliphatic heterocycles. The smallest absolute Gasteiger partial charge is 0.310 e. The minimum absolute atomic E-state index is 0.164. The van der Waals surface area contributed by atoms with Crippen molar-refractivity contribution in [1.82, 2.24) is 0 Å². The summed E-state index contributed by atoms with van der Waals surface area (Å²) >= 11 is 0. The van der Waals surface area contributed by atoms with Crippen molar-refractivity contribution >= 4 is 5.97 Å². The highest BCUT2D eigenvalue weighted by molar-refractivity contribution is 5.73. The number of hydrogen-bond acceptors (Lipinski definition) is 3. The van der Waals surface area contributed by atoms with Crippen molar-refractivity contribution in [2.45, 2.75) is 72.1 Å². The average molecular weight is 320 g/mol. The Hall–Kier alpha value is -1.51. The summed E-state index contributed by atoms with van der Waals surface area (Å²) in [5.74, 6) is 0.570. The first-order valence-electron chi connectivity index (χ1n) is 9.07. The standard InChI is InChI=1S/C20H32O3/c1-4-7-9-16(6-3)15-23-20(22)14-18-11-12-19(21)13-17(18)10-8-5-2/h11-13,16,21H,4-10,14-15H2,1-3H3. The molecule has 0 saturated heterocycles. The van der Waals surface area contributed by atoms with Crippen molar-refractivity contribution < 1.29 is 14.6 Å². The second-order valence-corrected chi connectivity index (χ2v) is 6.33. The Balaban J connectivity index is 2.56.